The van der Waals surface area contributed by atoms with Crippen molar-refractivity contribution < 1.29 is 27.4 Å². The highest BCUT2D eigenvalue weighted by atomic mass is 32.2. The number of hydrogen-bond donors (Lipinski definition) is 2. The third kappa shape index (κ3) is 3.45. The van der Waals surface area contributed by atoms with E-state index in [1.807, 2.05) is 0 Å². The molecule has 7 nitrogen and oxygen atoms in total. The number of aromatic nitrogens is 1. The number of nitrogens with one attached hydrogen (secondary N) is 1. The van der Waals surface area contributed by atoms with Crippen LogP contribution in [-0.4, -0.2) is 31.2 Å². The number of carboxylic acids is 1. The van der Waals surface area contributed by atoms with E-state index in [1.54, 1.807) is 18.2 Å². The first kappa shape index (κ1) is 18.7. The number of nitrogens with zero attached hydrogens (tertiary/aromatic N) is 1. The summed E-state index contributed by atoms with van der Waals surface area (Å²) in [6, 6.07) is 10.1. The molecule has 0 spiro atoms. The van der Waals surface area contributed by atoms with Gasteiger partial charge in [-0.1, -0.05) is 12.1 Å². The summed E-state index contributed by atoms with van der Waals surface area (Å²) in [6.07, 6.45) is 0. The number of halogens is 1. The minimum Gasteiger partial charge on any atom is -0.495 e. The highest BCUT2D eigenvalue weighted by molar-refractivity contribution is 7.93. The van der Waals surface area contributed by atoms with E-state index in [-0.39, 0.29) is 21.7 Å². The molecule has 1 heterocycles. The lowest BCUT2D eigenvalue weighted by Crippen LogP contribution is -2.16. The van der Waals surface area contributed by atoms with Crippen LogP contribution in [0.5, 0.6) is 5.75 Å². The Hall–Kier alpha value is -3.07. The third-order valence-corrected chi connectivity index (χ3v) is 5.68. The molecule has 0 unspecified atom stereocenters. The van der Waals surface area contributed by atoms with Gasteiger partial charge in [0.25, 0.3) is 10.0 Å². The van der Waals surface area contributed by atoms with Crippen LogP contribution >= 0.6 is 0 Å². The third-order valence-electron chi connectivity index (χ3n) is 4.14. The van der Waals surface area contributed by atoms with E-state index in [4.69, 9.17) is 9.84 Å². The van der Waals surface area contributed by atoms with E-state index >= 15 is 0 Å². The van der Waals surface area contributed by atoms with E-state index in [0.29, 0.717) is 11.3 Å². The first-order valence-corrected chi connectivity index (χ1v) is 9.39. The quantitative estimate of drug-likeness (QED) is 0.672. The zero-order chi connectivity index (χ0) is 19.8. The first-order valence-electron chi connectivity index (χ1n) is 7.90. The molecular formula is C18H17FN2O5S. The number of fused-ring (bicyclic) bond motifs is 1. The lowest BCUT2D eigenvalue weighted by Gasteiger charge is -2.12. The van der Waals surface area contributed by atoms with Crippen LogP contribution in [0.15, 0.2) is 47.4 Å². The number of carbonyl (C=O) groups is 1. The molecule has 1 aromatic heterocycles. The zero-order valence-electron chi connectivity index (χ0n) is 14.6. The second-order valence-corrected chi connectivity index (χ2v) is 7.48. The summed E-state index contributed by atoms with van der Waals surface area (Å²) in [5.41, 5.74) is 0.729. The molecule has 0 fully saturated rings. The zero-order valence-corrected chi connectivity index (χ0v) is 15.4. The van der Waals surface area contributed by atoms with Crippen LogP contribution in [0.2, 0.25) is 0 Å². The molecule has 3 rings (SSSR count). The molecule has 0 atom stereocenters. The molecule has 0 radical (unpaired) electrons. The molecule has 0 saturated carbocycles. The number of hydrogen-bond acceptors (Lipinski definition) is 4. The maximum absolute atomic E-state index is 13.8. The highest BCUT2D eigenvalue weighted by Gasteiger charge is 2.27. The van der Waals surface area contributed by atoms with E-state index in [0.717, 1.165) is 12.1 Å². The Morgan fingerprint density at radius 2 is 1.96 bits per heavy atom. The van der Waals surface area contributed by atoms with Gasteiger partial charge in [-0.15, -0.1) is 0 Å². The van der Waals surface area contributed by atoms with Crippen LogP contribution < -0.4 is 9.46 Å². The second-order valence-electron chi connectivity index (χ2n) is 5.86. The first-order chi connectivity index (χ1) is 12.7. The molecular weight excluding hydrogens is 375 g/mol. The summed E-state index contributed by atoms with van der Waals surface area (Å²) >= 11 is 0. The minimum absolute atomic E-state index is 0.108. The fourth-order valence-electron chi connectivity index (χ4n) is 3.03. The van der Waals surface area contributed by atoms with Crippen LogP contribution in [0.25, 0.3) is 10.9 Å². The predicted octanol–water partition coefficient (Wildman–Crippen LogP) is 2.98. The van der Waals surface area contributed by atoms with Gasteiger partial charge in [-0.05, 0) is 37.3 Å². The molecule has 2 aromatic carbocycles. The number of rotatable bonds is 6. The molecule has 0 amide bonds. The van der Waals surface area contributed by atoms with Crippen molar-refractivity contribution in [3.8, 4) is 5.75 Å². The SMILES string of the molecule is COc1ccccc1NS(=O)(=O)c1c(C)n(CC(=O)O)c2ccc(F)cc12. The smallest absolute Gasteiger partial charge is 0.323 e. The van der Waals surface area contributed by atoms with Gasteiger partial charge < -0.3 is 14.4 Å². The topological polar surface area (TPSA) is 97.6 Å². The number of carboxylic acid groups (broad SMARTS) is 1. The van der Waals surface area contributed by atoms with Crippen molar-refractivity contribution in [2.24, 2.45) is 0 Å². The lowest BCUT2D eigenvalue weighted by atomic mass is 10.2. The summed E-state index contributed by atoms with van der Waals surface area (Å²) in [5.74, 6) is -1.44. The van der Waals surface area contributed by atoms with Gasteiger partial charge in [-0.3, -0.25) is 9.52 Å². The van der Waals surface area contributed by atoms with E-state index < -0.39 is 28.4 Å². The molecule has 0 aliphatic carbocycles. The summed E-state index contributed by atoms with van der Waals surface area (Å²) < 4.78 is 48.8. The number of methoxy groups -OCH3 is 1. The van der Waals surface area contributed by atoms with Crippen molar-refractivity contribution in [2.75, 3.05) is 11.8 Å². The summed E-state index contributed by atoms with van der Waals surface area (Å²) in [7, 11) is -2.74. The Morgan fingerprint density at radius 3 is 2.63 bits per heavy atom. The van der Waals surface area contributed by atoms with Gasteiger partial charge >= 0.3 is 5.97 Å². The maximum Gasteiger partial charge on any atom is 0.323 e. The van der Waals surface area contributed by atoms with E-state index in [1.165, 1.54) is 30.7 Å². The normalized spacial score (nSPS) is 11.5. The number of aliphatic carboxylic acids is 1. The summed E-state index contributed by atoms with van der Waals surface area (Å²) in [5, 5.41) is 9.25. The van der Waals surface area contributed by atoms with Crippen molar-refractivity contribution >= 4 is 32.6 Å². The van der Waals surface area contributed by atoms with Crippen LogP contribution in [0, 0.1) is 12.7 Å². The fourth-order valence-corrected chi connectivity index (χ4v) is 4.54. The summed E-state index contributed by atoms with van der Waals surface area (Å²) in [6.45, 7) is 1.04. The Balaban J connectivity index is 2.21. The number of anilines is 1. The number of sulfonamides is 1. The van der Waals surface area contributed by atoms with E-state index in [9.17, 15) is 17.6 Å². The van der Waals surface area contributed by atoms with Gasteiger partial charge in [0, 0.05) is 11.1 Å². The van der Waals surface area contributed by atoms with Crippen molar-refractivity contribution in [1.29, 1.82) is 0 Å². The average molecular weight is 392 g/mol. The fraction of sp³-hybridized carbons (Fsp3) is 0.167. The van der Waals surface area contributed by atoms with Crippen LogP contribution in [0.4, 0.5) is 10.1 Å². The molecule has 3 aromatic rings. The van der Waals surface area contributed by atoms with Gasteiger partial charge in [-0.25, -0.2) is 12.8 Å². The van der Waals surface area contributed by atoms with Crippen molar-refractivity contribution in [3.63, 3.8) is 0 Å². The highest BCUT2D eigenvalue weighted by Crippen LogP contribution is 2.33. The molecule has 0 bridgehead atoms. The average Bonchev–Trinajstić information content (AvgIpc) is 2.86. The number of ether oxygens (including phenoxy) is 1. The molecule has 0 aliphatic heterocycles. The van der Waals surface area contributed by atoms with Crippen molar-refractivity contribution in [1.82, 2.24) is 4.57 Å². The molecule has 2 N–H and O–H groups in total. The van der Waals surface area contributed by atoms with Gasteiger partial charge in [0.05, 0.1) is 18.3 Å². The molecule has 9 heteroatoms. The Morgan fingerprint density at radius 1 is 1.26 bits per heavy atom. The second kappa shape index (κ2) is 6.92. The molecule has 0 aliphatic rings. The van der Waals surface area contributed by atoms with Gasteiger partial charge in [0.2, 0.25) is 0 Å². The van der Waals surface area contributed by atoms with Gasteiger partial charge in [0.1, 0.15) is 23.0 Å². The number of para-hydroxylation sites is 2. The van der Waals surface area contributed by atoms with E-state index in [2.05, 4.69) is 4.72 Å². The van der Waals surface area contributed by atoms with Crippen LogP contribution in [0.3, 0.4) is 0 Å². The van der Waals surface area contributed by atoms with Gasteiger partial charge in [-0.2, -0.15) is 0 Å². The Labute approximate surface area is 155 Å². The van der Waals surface area contributed by atoms with Crippen molar-refractivity contribution in [3.05, 3.63) is 54.0 Å². The number of benzene rings is 2. The molecule has 27 heavy (non-hydrogen) atoms. The van der Waals surface area contributed by atoms with Crippen LogP contribution in [-0.2, 0) is 21.4 Å². The lowest BCUT2D eigenvalue weighted by molar-refractivity contribution is -0.137. The standard InChI is InChI=1S/C18H17FN2O5S/c1-11-18(27(24,25)20-14-5-3-4-6-16(14)26-2)13-9-12(19)7-8-15(13)21(11)10-17(22)23/h3-9,20H,10H2,1-2H3,(H,22,23). The molecule has 142 valence electrons. The summed E-state index contributed by atoms with van der Waals surface area (Å²) in [4.78, 5) is 11.0. The largest absolute Gasteiger partial charge is 0.495 e. The monoisotopic (exact) mass is 392 g/mol. The molecule has 0 saturated heterocycles. The Bertz CT molecular complexity index is 1140. The van der Waals surface area contributed by atoms with Crippen molar-refractivity contribution in [2.45, 2.75) is 18.4 Å². The van der Waals surface area contributed by atoms with Gasteiger partial charge in [0.15, 0.2) is 0 Å². The maximum atomic E-state index is 13.8. The van der Waals surface area contributed by atoms with Crippen LogP contribution in [0.1, 0.15) is 5.69 Å². The predicted molar refractivity (Wildman–Crippen MR) is 98.1 cm³/mol. The minimum atomic E-state index is -4.15. The Kier molecular flexibility index (Phi) is 4.79.